The molecular formula is C25H25ClO6. The van der Waals surface area contributed by atoms with Crippen LogP contribution in [0.5, 0.6) is 5.75 Å². The molecule has 0 atom stereocenters. The van der Waals surface area contributed by atoms with Crippen molar-refractivity contribution < 1.29 is 24.1 Å². The number of aliphatic hydroxyl groups is 2. The lowest BCUT2D eigenvalue weighted by molar-refractivity contribution is -0.150. The Labute approximate surface area is 190 Å². The van der Waals surface area contributed by atoms with Gasteiger partial charge in [0.05, 0.1) is 23.1 Å². The third kappa shape index (κ3) is 4.41. The maximum Gasteiger partial charge on any atom is 0.193 e. The summed E-state index contributed by atoms with van der Waals surface area (Å²) in [6.45, 7) is 0.828. The summed E-state index contributed by atoms with van der Waals surface area (Å²) in [5.74, 6) is 1.54. The summed E-state index contributed by atoms with van der Waals surface area (Å²) in [7, 11) is 0. The average molecular weight is 457 g/mol. The van der Waals surface area contributed by atoms with Crippen LogP contribution in [-0.2, 0) is 4.74 Å². The highest BCUT2D eigenvalue weighted by molar-refractivity contribution is 6.35. The summed E-state index contributed by atoms with van der Waals surface area (Å²) in [5, 5.41) is 19.2. The van der Waals surface area contributed by atoms with E-state index in [0.717, 1.165) is 24.0 Å². The molecule has 3 aromatic rings. The Morgan fingerprint density at radius 3 is 2.50 bits per heavy atom. The lowest BCUT2D eigenvalue weighted by atomic mass is 9.82. The van der Waals surface area contributed by atoms with Crippen LogP contribution in [0.1, 0.15) is 37.2 Å². The summed E-state index contributed by atoms with van der Waals surface area (Å²) in [6.07, 6.45) is 2.37. The number of halogens is 1. The lowest BCUT2D eigenvalue weighted by Crippen LogP contribution is -2.39. The molecule has 0 spiro atoms. The van der Waals surface area contributed by atoms with Crippen LogP contribution in [0.15, 0.2) is 51.7 Å². The zero-order chi connectivity index (χ0) is 22.2. The first-order valence-corrected chi connectivity index (χ1v) is 11.3. The van der Waals surface area contributed by atoms with Gasteiger partial charge in [-0.05, 0) is 67.5 Å². The van der Waals surface area contributed by atoms with Crippen molar-refractivity contribution in [3.63, 3.8) is 0 Å². The van der Waals surface area contributed by atoms with Crippen molar-refractivity contribution in [1.29, 1.82) is 0 Å². The number of hydrogen-bond acceptors (Lipinski definition) is 6. The van der Waals surface area contributed by atoms with Gasteiger partial charge in [-0.2, -0.15) is 0 Å². The number of aliphatic hydroxyl groups excluding tert-OH is 1. The smallest absolute Gasteiger partial charge is 0.193 e. The maximum atomic E-state index is 12.6. The Morgan fingerprint density at radius 2 is 1.81 bits per heavy atom. The molecule has 0 amide bonds. The Kier molecular flexibility index (Phi) is 5.95. The van der Waals surface area contributed by atoms with Crippen LogP contribution in [0.25, 0.3) is 22.3 Å². The SMILES string of the molecule is O=c1cc(-c2ccc(OCCOC3CC(C(O)O)C3)cc2)oc2c(Cl)c(C3CC3)ccc12. The Morgan fingerprint density at radius 1 is 1.06 bits per heavy atom. The summed E-state index contributed by atoms with van der Waals surface area (Å²) in [5.41, 5.74) is 2.15. The summed E-state index contributed by atoms with van der Waals surface area (Å²) < 4.78 is 17.4. The minimum absolute atomic E-state index is 0.0656. The zero-order valence-electron chi connectivity index (χ0n) is 17.5. The van der Waals surface area contributed by atoms with Crippen LogP contribution in [0.4, 0.5) is 0 Å². The summed E-state index contributed by atoms with van der Waals surface area (Å²) in [4.78, 5) is 12.6. The van der Waals surface area contributed by atoms with Crippen molar-refractivity contribution in [1.82, 2.24) is 0 Å². The first kappa shape index (κ1) is 21.5. The zero-order valence-corrected chi connectivity index (χ0v) is 18.3. The second-order valence-corrected chi connectivity index (χ2v) is 8.98. The molecule has 1 aromatic heterocycles. The third-order valence-corrected chi connectivity index (χ3v) is 6.67. The van der Waals surface area contributed by atoms with Gasteiger partial charge < -0.3 is 24.1 Å². The molecule has 0 aliphatic heterocycles. The van der Waals surface area contributed by atoms with Gasteiger partial charge in [-0.25, -0.2) is 0 Å². The second-order valence-electron chi connectivity index (χ2n) is 8.61. The maximum absolute atomic E-state index is 12.6. The van der Waals surface area contributed by atoms with E-state index in [9.17, 15) is 4.79 Å². The standard InChI is InChI=1S/C25H25ClO6/c26-23-19(14-1-2-14)7-8-20-21(27)13-22(32-24(20)23)15-3-5-17(6-4-15)30-9-10-31-18-11-16(12-18)25(28)29/h3-8,13-14,16,18,25,28-29H,1-2,9-12H2. The van der Waals surface area contributed by atoms with E-state index in [1.165, 1.54) is 6.07 Å². The molecule has 0 bridgehead atoms. The summed E-state index contributed by atoms with van der Waals surface area (Å²) >= 11 is 6.58. The highest BCUT2D eigenvalue weighted by atomic mass is 35.5. The molecule has 6 nitrogen and oxygen atoms in total. The highest BCUT2D eigenvalue weighted by Crippen LogP contribution is 2.45. The van der Waals surface area contributed by atoms with Crippen molar-refractivity contribution in [2.24, 2.45) is 5.92 Å². The van der Waals surface area contributed by atoms with E-state index in [0.29, 0.717) is 59.5 Å². The van der Waals surface area contributed by atoms with E-state index >= 15 is 0 Å². The largest absolute Gasteiger partial charge is 0.491 e. The molecule has 7 heteroatoms. The number of hydrogen-bond donors (Lipinski definition) is 2. The fourth-order valence-corrected chi connectivity index (χ4v) is 4.49. The Hall–Kier alpha value is -2.38. The Bertz CT molecular complexity index is 1160. The van der Waals surface area contributed by atoms with Crippen molar-refractivity contribution in [2.75, 3.05) is 13.2 Å². The van der Waals surface area contributed by atoms with Crippen LogP contribution in [-0.4, -0.2) is 35.8 Å². The second kappa shape index (κ2) is 8.87. The topological polar surface area (TPSA) is 89.1 Å². The molecule has 0 radical (unpaired) electrons. The highest BCUT2D eigenvalue weighted by Gasteiger charge is 2.34. The van der Waals surface area contributed by atoms with Crippen LogP contribution >= 0.6 is 11.6 Å². The van der Waals surface area contributed by atoms with Gasteiger partial charge in [-0.15, -0.1) is 0 Å². The normalized spacial score (nSPS) is 20.5. The van der Waals surface area contributed by atoms with Crippen molar-refractivity contribution in [3.05, 3.63) is 63.3 Å². The van der Waals surface area contributed by atoms with E-state index in [2.05, 4.69) is 0 Å². The van der Waals surface area contributed by atoms with Gasteiger partial charge in [0.25, 0.3) is 0 Å². The fraction of sp³-hybridized carbons (Fsp3) is 0.400. The molecule has 32 heavy (non-hydrogen) atoms. The first-order chi connectivity index (χ1) is 15.5. The first-order valence-electron chi connectivity index (χ1n) is 11.0. The van der Waals surface area contributed by atoms with Crippen molar-refractivity contribution >= 4 is 22.6 Å². The summed E-state index contributed by atoms with van der Waals surface area (Å²) in [6, 6.07) is 12.6. The third-order valence-electron chi connectivity index (χ3n) is 6.28. The minimum atomic E-state index is -1.26. The molecule has 2 aliphatic carbocycles. The number of rotatable bonds is 8. The predicted molar refractivity (Wildman–Crippen MR) is 121 cm³/mol. The van der Waals surface area contributed by atoms with Gasteiger partial charge in [0.1, 0.15) is 18.1 Å². The van der Waals surface area contributed by atoms with E-state index in [-0.39, 0.29) is 17.5 Å². The van der Waals surface area contributed by atoms with Gasteiger partial charge in [0, 0.05) is 17.5 Å². The van der Waals surface area contributed by atoms with Gasteiger partial charge >= 0.3 is 0 Å². The van der Waals surface area contributed by atoms with Gasteiger partial charge in [0.15, 0.2) is 17.3 Å². The molecule has 0 unspecified atom stereocenters. The fourth-order valence-electron chi connectivity index (χ4n) is 4.13. The van der Waals surface area contributed by atoms with Crippen molar-refractivity contribution in [3.8, 4) is 17.1 Å². The molecule has 1 heterocycles. The lowest BCUT2D eigenvalue weighted by Gasteiger charge is -2.35. The molecule has 2 saturated carbocycles. The molecule has 168 valence electrons. The van der Waals surface area contributed by atoms with Gasteiger partial charge in [-0.3, -0.25) is 4.79 Å². The molecule has 2 aliphatic rings. The van der Waals surface area contributed by atoms with E-state index < -0.39 is 6.29 Å². The molecule has 2 N–H and O–H groups in total. The van der Waals surface area contributed by atoms with E-state index in [1.807, 2.05) is 30.3 Å². The van der Waals surface area contributed by atoms with Crippen molar-refractivity contribution in [2.45, 2.75) is 44.0 Å². The predicted octanol–water partition coefficient (Wildman–Crippen LogP) is 4.48. The van der Waals surface area contributed by atoms with Crippen LogP contribution in [0.3, 0.4) is 0 Å². The molecule has 5 rings (SSSR count). The van der Waals surface area contributed by atoms with Crippen LogP contribution in [0.2, 0.25) is 5.02 Å². The minimum Gasteiger partial charge on any atom is -0.491 e. The molecule has 2 aromatic carbocycles. The number of ether oxygens (including phenoxy) is 2. The van der Waals surface area contributed by atoms with E-state index in [4.69, 9.17) is 35.7 Å². The van der Waals surface area contributed by atoms with Gasteiger partial charge in [-0.1, -0.05) is 17.7 Å². The monoisotopic (exact) mass is 456 g/mol. The van der Waals surface area contributed by atoms with Crippen LogP contribution in [0, 0.1) is 5.92 Å². The molecule has 0 saturated heterocycles. The average Bonchev–Trinajstić information content (AvgIpc) is 3.58. The number of benzene rings is 2. The van der Waals surface area contributed by atoms with E-state index in [1.54, 1.807) is 6.07 Å². The van der Waals surface area contributed by atoms with Crippen LogP contribution < -0.4 is 10.2 Å². The molecular weight excluding hydrogens is 432 g/mol. The molecule has 2 fully saturated rings. The quantitative estimate of drug-likeness (QED) is 0.384. The Balaban J connectivity index is 1.23. The van der Waals surface area contributed by atoms with Gasteiger partial charge in [0.2, 0.25) is 0 Å². The number of fused-ring (bicyclic) bond motifs is 1.